The lowest BCUT2D eigenvalue weighted by Crippen LogP contribution is -2.44. The molecule has 0 unspecified atom stereocenters. The number of carbonyl (C=O) groups excluding carboxylic acids is 1. The van der Waals surface area contributed by atoms with E-state index in [0.29, 0.717) is 0 Å². The third-order valence-corrected chi connectivity index (χ3v) is 3.19. The first kappa shape index (κ1) is 16.9. The van der Waals surface area contributed by atoms with Crippen molar-refractivity contribution in [2.24, 2.45) is 0 Å². The summed E-state index contributed by atoms with van der Waals surface area (Å²) in [7, 11) is 0. The first-order valence-corrected chi connectivity index (χ1v) is 6.64. The highest BCUT2D eigenvalue weighted by Gasteiger charge is 2.56. The third kappa shape index (κ3) is 3.67. The summed E-state index contributed by atoms with van der Waals surface area (Å²) in [5.41, 5.74) is -3.21. The number of amides is 1. The van der Waals surface area contributed by atoms with Crippen molar-refractivity contribution in [3.63, 3.8) is 0 Å². The van der Waals surface area contributed by atoms with Crippen molar-refractivity contribution in [1.29, 1.82) is 0 Å². The summed E-state index contributed by atoms with van der Waals surface area (Å²) in [4.78, 5) is 19.1. The Hall–Kier alpha value is -2.42. The smallest absolute Gasteiger partial charge is 0.424 e. The number of carbonyl (C=O) groups is 1. The Morgan fingerprint density at radius 2 is 2.09 bits per heavy atom. The largest absolute Gasteiger partial charge is 0.463 e. The number of aryl methyl sites for hydroxylation is 1. The van der Waals surface area contributed by atoms with Crippen molar-refractivity contribution in [3.05, 3.63) is 47.9 Å². The van der Waals surface area contributed by atoms with Gasteiger partial charge in [-0.25, -0.2) is 4.98 Å². The lowest BCUT2D eigenvalue weighted by Gasteiger charge is -2.28. The van der Waals surface area contributed by atoms with Crippen molar-refractivity contribution in [3.8, 4) is 0 Å². The number of nitrogens with one attached hydrogen (secondary N) is 1. The second kappa shape index (κ2) is 6.37. The first-order chi connectivity index (χ1) is 10.7. The fraction of sp³-hybridized carbons (Fsp3) is 0.357. The zero-order valence-electron chi connectivity index (χ0n) is 12.1. The van der Waals surface area contributed by atoms with Gasteiger partial charge in [-0.05, 0) is 19.1 Å². The molecule has 2 N–H and O–H groups in total. The highest BCUT2D eigenvalue weighted by molar-refractivity contribution is 5.91. The van der Waals surface area contributed by atoms with E-state index in [1.165, 1.54) is 31.6 Å². The SMILES string of the molecule is Cc1ccc([C@](O)(CCNC(=O)c2cnccn2)C(F)(F)F)o1. The molecule has 0 aliphatic carbocycles. The predicted octanol–water partition coefficient (Wildman–Crippen LogP) is 1.95. The molecule has 6 nitrogen and oxygen atoms in total. The predicted molar refractivity (Wildman–Crippen MR) is 72.4 cm³/mol. The number of aromatic nitrogens is 2. The number of halogens is 3. The van der Waals surface area contributed by atoms with Gasteiger partial charge in [0.25, 0.3) is 5.91 Å². The number of aliphatic hydroxyl groups is 1. The number of hydrogen-bond donors (Lipinski definition) is 2. The van der Waals surface area contributed by atoms with Crippen molar-refractivity contribution >= 4 is 5.91 Å². The van der Waals surface area contributed by atoms with E-state index in [2.05, 4.69) is 15.3 Å². The summed E-state index contributed by atoms with van der Waals surface area (Å²) in [6, 6.07) is 2.39. The van der Waals surface area contributed by atoms with Crippen LogP contribution in [0.15, 0.2) is 35.1 Å². The molecule has 0 bridgehead atoms. The van der Waals surface area contributed by atoms with Crippen molar-refractivity contribution in [2.75, 3.05) is 6.54 Å². The van der Waals surface area contributed by atoms with Gasteiger partial charge in [0, 0.05) is 25.4 Å². The highest BCUT2D eigenvalue weighted by Crippen LogP contribution is 2.41. The van der Waals surface area contributed by atoms with Gasteiger partial charge in [0.2, 0.25) is 5.60 Å². The van der Waals surface area contributed by atoms with Crippen LogP contribution in [0.5, 0.6) is 0 Å². The number of furan rings is 1. The summed E-state index contributed by atoms with van der Waals surface area (Å²) in [5.74, 6) is -1.05. The standard InChI is InChI=1S/C14H14F3N3O3/c1-9-2-3-11(23-9)13(22,14(15,16)17)4-5-20-12(21)10-8-18-6-7-19-10/h2-3,6-8,22H,4-5H2,1H3,(H,20,21)/t13-/m1/s1. The molecule has 1 amide bonds. The van der Waals surface area contributed by atoms with Gasteiger partial charge in [0.1, 0.15) is 17.2 Å². The van der Waals surface area contributed by atoms with Crippen LogP contribution in [0.4, 0.5) is 13.2 Å². The minimum Gasteiger partial charge on any atom is -0.463 e. The van der Waals surface area contributed by atoms with Crippen LogP contribution in [0, 0.1) is 6.92 Å². The maximum absolute atomic E-state index is 13.2. The molecule has 124 valence electrons. The number of nitrogens with zero attached hydrogens (tertiary/aromatic N) is 2. The van der Waals surface area contributed by atoms with Crippen molar-refractivity contribution < 1.29 is 27.5 Å². The van der Waals surface area contributed by atoms with Crippen LogP contribution >= 0.6 is 0 Å². The fourth-order valence-electron chi connectivity index (χ4n) is 1.93. The summed E-state index contributed by atoms with van der Waals surface area (Å²) in [5, 5.41) is 12.3. The topological polar surface area (TPSA) is 88.2 Å². The lowest BCUT2D eigenvalue weighted by atomic mass is 9.95. The maximum Gasteiger partial charge on any atom is 0.424 e. The van der Waals surface area contributed by atoms with Gasteiger partial charge in [-0.15, -0.1) is 0 Å². The number of rotatable bonds is 5. The summed E-state index contributed by atoms with van der Waals surface area (Å²) >= 11 is 0. The maximum atomic E-state index is 13.2. The molecule has 2 aromatic rings. The minimum absolute atomic E-state index is 0.0307. The zero-order chi connectivity index (χ0) is 17.1. The Kier molecular flexibility index (Phi) is 4.69. The first-order valence-electron chi connectivity index (χ1n) is 6.64. The lowest BCUT2D eigenvalue weighted by molar-refractivity contribution is -0.274. The van der Waals surface area contributed by atoms with Crippen LogP contribution < -0.4 is 5.32 Å². The second-order valence-corrected chi connectivity index (χ2v) is 4.86. The highest BCUT2D eigenvalue weighted by atomic mass is 19.4. The average Bonchev–Trinajstić information content (AvgIpc) is 2.93. The van der Waals surface area contributed by atoms with E-state index in [-0.39, 0.29) is 11.5 Å². The number of hydrogen-bond acceptors (Lipinski definition) is 5. The third-order valence-electron chi connectivity index (χ3n) is 3.19. The molecule has 0 fully saturated rings. The molecule has 2 rings (SSSR count). The molecule has 9 heteroatoms. The Morgan fingerprint density at radius 1 is 1.35 bits per heavy atom. The molecular weight excluding hydrogens is 315 g/mol. The summed E-state index contributed by atoms with van der Waals surface area (Å²) < 4.78 is 44.5. The van der Waals surface area contributed by atoms with Gasteiger partial charge >= 0.3 is 6.18 Å². The quantitative estimate of drug-likeness (QED) is 0.875. The van der Waals surface area contributed by atoms with E-state index in [9.17, 15) is 23.1 Å². The molecule has 0 saturated heterocycles. The number of alkyl halides is 3. The van der Waals surface area contributed by atoms with Gasteiger partial charge < -0.3 is 14.8 Å². The van der Waals surface area contributed by atoms with Crippen molar-refractivity contribution in [2.45, 2.75) is 25.1 Å². The van der Waals surface area contributed by atoms with E-state index in [0.717, 1.165) is 6.07 Å². The van der Waals surface area contributed by atoms with Gasteiger partial charge in [0.05, 0.1) is 6.20 Å². The molecule has 0 radical (unpaired) electrons. The molecular formula is C14H14F3N3O3. The Labute approximate surface area is 129 Å². The van der Waals surface area contributed by atoms with E-state index >= 15 is 0 Å². The molecule has 2 heterocycles. The van der Waals surface area contributed by atoms with Crippen LogP contribution in [0.2, 0.25) is 0 Å². The fourth-order valence-corrected chi connectivity index (χ4v) is 1.93. The molecule has 0 aliphatic rings. The molecule has 2 aromatic heterocycles. The van der Waals surface area contributed by atoms with E-state index in [1.807, 2.05) is 0 Å². The van der Waals surface area contributed by atoms with Crippen LogP contribution in [0.3, 0.4) is 0 Å². The van der Waals surface area contributed by atoms with Crippen LogP contribution in [-0.2, 0) is 5.60 Å². The molecule has 1 atom stereocenters. The monoisotopic (exact) mass is 329 g/mol. The van der Waals surface area contributed by atoms with Gasteiger partial charge in [-0.1, -0.05) is 0 Å². The van der Waals surface area contributed by atoms with Crippen LogP contribution in [0.1, 0.15) is 28.4 Å². The summed E-state index contributed by atoms with van der Waals surface area (Å²) in [6.45, 7) is 1.04. The Balaban J connectivity index is 2.07. The molecule has 0 aromatic carbocycles. The van der Waals surface area contributed by atoms with E-state index in [1.54, 1.807) is 0 Å². The molecule has 0 aliphatic heterocycles. The van der Waals surface area contributed by atoms with Crippen LogP contribution in [0.25, 0.3) is 0 Å². The Morgan fingerprint density at radius 3 is 2.61 bits per heavy atom. The van der Waals surface area contributed by atoms with Crippen LogP contribution in [-0.4, -0.2) is 33.7 Å². The second-order valence-electron chi connectivity index (χ2n) is 4.86. The average molecular weight is 329 g/mol. The molecule has 0 saturated carbocycles. The van der Waals surface area contributed by atoms with E-state index in [4.69, 9.17) is 4.42 Å². The van der Waals surface area contributed by atoms with Gasteiger partial charge in [-0.3, -0.25) is 9.78 Å². The van der Waals surface area contributed by atoms with Gasteiger partial charge in [-0.2, -0.15) is 13.2 Å². The minimum atomic E-state index is -4.95. The van der Waals surface area contributed by atoms with E-state index < -0.39 is 36.4 Å². The molecule has 23 heavy (non-hydrogen) atoms. The summed E-state index contributed by atoms with van der Waals surface area (Å²) in [6.07, 6.45) is -1.92. The van der Waals surface area contributed by atoms with Gasteiger partial charge in [0.15, 0.2) is 0 Å². The zero-order valence-corrected chi connectivity index (χ0v) is 12.1. The molecule has 0 spiro atoms. The Bertz CT molecular complexity index is 673. The normalized spacial score (nSPS) is 14.3. The van der Waals surface area contributed by atoms with Crippen molar-refractivity contribution in [1.82, 2.24) is 15.3 Å².